The Balaban J connectivity index is 4.14. The van der Waals surface area contributed by atoms with Crippen LogP contribution >= 0.6 is 7.82 Å². The Labute approximate surface area is 350 Å². The lowest BCUT2D eigenvalue weighted by Gasteiger charge is -2.20. The van der Waals surface area contributed by atoms with E-state index in [1.807, 2.05) is 0 Å². The van der Waals surface area contributed by atoms with Crippen LogP contribution < -0.4 is 0 Å². The Morgan fingerprint density at radius 1 is 0.456 bits per heavy atom. The molecule has 10 nitrogen and oxygen atoms in total. The Bertz CT molecular complexity index is 920. The number of carbonyl (C=O) groups excluding carboxylic acids is 2. The molecule has 0 aromatic carbocycles. The van der Waals surface area contributed by atoms with Crippen LogP contribution in [0.4, 0.5) is 0 Å². The molecule has 0 aliphatic carbocycles. The predicted molar refractivity (Wildman–Crippen MR) is 233 cm³/mol. The van der Waals surface area contributed by atoms with E-state index in [1.165, 1.54) is 173 Å². The topological polar surface area (TPSA) is 149 Å². The maximum Gasteiger partial charge on any atom is 0.472 e. The molecule has 0 aromatic heterocycles. The van der Waals surface area contributed by atoms with Crippen molar-refractivity contribution in [2.24, 2.45) is 0 Å². The highest BCUT2D eigenvalue weighted by molar-refractivity contribution is 7.47. The third kappa shape index (κ3) is 42.9. The number of esters is 2. The van der Waals surface area contributed by atoms with E-state index in [0.717, 1.165) is 32.1 Å². The van der Waals surface area contributed by atoms with Crippen molar-refractivity contribution in [2.45, 2.75) is 257 Å². The lowest BCUT2D eigenvalue weighted by atomic mass is 10.0. The maximum atomic E-state index is 12.6. The number of phosphoric ester groups is 1. The molecule has 0 spiro atoms. The normalized spacial score (nSPS) is 13.7. The minimum Gasteiger partial charge on any atom is -0.462 e. The Morgan fingerprint density at radius 3 is 1.09 bits per heavy atom. The van der Waals surface area contributed by atoms with Crippen LogP contribution in [0, 0.1) is 0 Å². The zero-order valence-corrected chi connectivity index (χ0v) is 38.0. The molecule has 0 amide bonds. The maximum absolute atomic E-state index is 12.6. The van der Waals surface area contributed by atoms with Crippen molar-refractivity contribution in [3.8, 4) is 0 Å². The van der Waals surface area contributed by atoms with Gasteiger partial charge in [0.05, 0.1) is 19.8 Å². The molecule has 0 fully saturated rings. The average molecular weight is 835 g/mol. The third-order valence-electron chi connectivity index (χ3n) is 10.8. The van der Waals surface area contributed by atoms with Crippen molar-refractivity contribution in [3.05, 3.63) is 0 Å². The van der Waals surface area contributed by atoms with Crippen LogP contribution in [0.25, 0.3) is 0 Å². The van der Waals surface area contributed by atoms with Crippen LogP contribution in [0.3, 0.4) is 0 Å². The molecule has 0 saturated heterocycles. The zero-order valence-electron chi connectivity index (χ0n) is 37.1. The molecule has 0 heterocycles. The number of hydrogen-bond donors (Lipinski definition) is 3. The molecule has 0 bridgehead atoms. The second-order valence-corrected chi connectivity index (χ2v) is 18.0. The molecule has 57 heavy (non-hydrogen) atoms. The van der Waals surface area contributed by atoms with Crippen LogP contribution in [-0.2, 0) is 32.7 Å². The fraction of sp³-hybridized carbons (Fsp3) is 0.957. The second kappa shape index (κ2) is 43.1. The number of ether oxygens (including phenoxy) is 2. The van der Waals surface area contributed by atoms with E-state index in [4.69, 9.17) is 23.6 Å². The van der Waals surface area contributed by atoms with Gasteiger partial charge in [0.15, 0.2) is 6.10 Å². The molecular formula is C46H91O10P. The Morgan fingerprint density at radius 2 is 0.754 bits per heavy atom. The molecule has 340 valence electrons. The van der Waals surface area contributed by atoms with Gasteiger partial charge in [0.1, 0.15) is 12.7 Å². The minimum absolute atomic E-state index is 0.193. The van der Waals surface area contributed by atoms with Gasteiger partial charge in [-0.05, 0) is 12.8 Å². The van der Waals surface area contributed by atoms with Crippen molar-refractivity contribution < 1.29 is 47.8 Å². The number of carbonyl (C=O) groups is 2. The SMILES string of the molecule is CCCCCCCCCCCCCCCCCCCCCCCC(=O)OC(COC(=O)CCCCCCCCCCCCCCC)COP(=O)(O)OCC(O)CO. The highest BCUT2D eigenvalue weighted by Gasteiger charge is 2.27. The van der Waals surface area contributed by atoms with Crippen LogP contribution in [0.2, 0.25) is 0 Å². The first-order chi connectivity index (χ1) is 27.7. The Kier molecular flexibility index (Phi) is 42.3. The number of hydrogen-bond acceptors (Lipinski definition) is 9. The van der Waals surface area contributed by atoms with Gasteiger partial charge in [-0.25, -0.2) is 4.57 Å². The van der Waals surface area contributed by atoms with Crippen molar-refractivity contribution in [2.75, 3.05) is 26.4 Å². The van der Waals surface area contributed by atoms with Crippen LogP contribution in [-0.4, -0.2) is 65.7 Å². The summed E-state index contributed by atoms with van der Waals surface area (Å²) >= 11 is 0. The van der Waals surface area contributed by atoms with Gasteiger partial charge in [-0.1, -0.05) is 219 Å². The van der Waals surface area contributed by atoms with Crippen molar-refractivity contribution >= 4 is 19.8 Å². The van der Waals surface area contributed by atoms with E-state index in [9.17, 15) is 24.2 Å². The summed E-state index contributed by atoms with van der Waals surface area (Å²) in [4.78, 5) is 35.0. The van der Waals surface area contributed by atoms with E-state index in [1.54, 1.807) is 0 Å². The van der Waals surface area contributed by atoms with E-state index in [2.05, 4.69) is 13.8 Å². The first kappa shape index (κ1) is 56.0. The molecule has 0 saturated carbocycles. The quantitative estimate of drug-likeness (QED) is 0.0307. The van der Waals surface area contributed by atoms with Crippen molar-refractivity contribution in [1.82, 2.24) is 0 Å². The summed E-state index contributed by atoms with van der Waals surface area (Å²) in [6, 6.07) is 0. The van der Waals surface area contributed by atoms with Gasteiger partial charge in [-0.3, -0.25) is 18.6 Å². The van der Waals surface area contributed by atoms with E-state index < -0.39 is 51.8 Å². The molecule has 0 radical (unpaired) electrons. The average Bonchev–Trinajstić information content (AvgIpc) is 3.20. The molecule has 3 N–H and O–H groups in total. The van der Waals surface area contributed by atoms with Crippen molar-refractivity contribution in [3.63, 3.8) is 0 Å². The van der Waals surface area contributed by atoms with E-state index >= 15 is 0 Å². The molecule has 3 atom stereocenters. The van der Waals surface area contributed by atoms with Gasteiger partial charge in [-0.15, -0.1) is 0 Å². The second-order valence-electron chi connectivity index (χ2n) is 16.5. The molecule has 0 aliphatic rings. The van der Waals surface area contributed by atoms with Gasteiger partial charge >= 0.3 is 19.8 Å². The lowest BCUT2D eigenvalue weighted by molar-refractivity contribution is -0.161. The summed E-state index contributed by atoms with van der Waals surface area (Å²) in [6.07, 6.45) is 40.7. The molecule has 11 heteroatoms. The number of aliphatic hydroxyl groups excluding tert-OH is 2. The molecular weight excluding hydrogens is 743 g/mol. The van der Waals surface area contributed by atoms with Gasteiger partial charge in [0.2, 0.25) is 0 Å². The molecule has 0 rings (SSSR count). The predicted octanol–water partition coefficient (Wildman–Crippen LogP) is 13.0. The molecule has 0 aromatic rings. The van der Waals surface area contributed by atoms with Gasteiger partial charge in [-0.2, -0.15) is 0 Å². The van der Waals surface area contributed by atoms with Crippen LogP contribution in [0.15, 0.2) is 0 Å². The largest absolute Gasteiger partial charge is 0.472 e. The number of aliphatic hydroxyl groups is 2. The highest BCUT2D eigenvalue weighted by atomic mass is 31.2. The van der Waals surface area contributed by atoms with Gasteiger partial charge in [0.25, 0.3) is 0 Å². The van der Waals surface area contributed by atoms with Crippen LogP contribution in [0.1, 0.15) is 245 Å². The summed E-state index contributed by atoms with van der Waals surface area (Å²) in [6.45, 7) is 2.43. The first-order valence-electron chi connectivity index (χ1n) is 24.0. The van der Waals surface area contributed by atoms with Crippen LogP contribution in [0.5, 0.6) is 0 Å². The monoisotopic (exact) mass is 835 g/mol. The fourth-order valence-corrected chi connectivity index (χ4v) is 7.84. The fourth-order valence-electron chi connectivity index (χ4n) is 7.05. The summed E-state index contributed by atoms with van der Waals surface area (Å²) in [5.41, 5.74) is 0. The summed E-state index contributed by atoms with van der Waals surface area (Å²) in [5, 5.41) is 18.4. The summed E-state index contributed by atoms with van der Waals surface area (Å²) in [7, 11) is -4.61. The minimum atomic E-state index is -4.61. The van der Waals surface area contributed by atoms with Gasteiger partial charge in [0, 0.05) is 12.8 Å². The molecule has 0 aliphatic heterocycles. The molecule has 3 unspecified atom stereocenters. The first-order valence-corrected chi connectivity index (χ1v) is 25.5. The number of rotatable bonds is 46. The summed E-state index contributed by atoms with van der Waals surface area (Å²) < 4.78 is 32.8. The third-order valence-corrected chi connectivity index (χ3v) is 11.7. The number of phosphoric acid groups is 1. The lowest BCUT2D eigenvalue weighted by Crippen LogP contribution is -2.29. The van der Waals surface area contributed by atoms with Gasteiger partial charge < -0.3 is 24.6 Å². The van der Waals surface area contributed by atoms with E-state index in [0.29, 0.717) is 12.8 Å². The smallest absolute Gasteiger partial charge is 0.462 e. The summed E-state index contributed by atoms with van der Waals surface area (Å²) in [5.74, 6) is -0.906. The standard InChI is InChI=1S/C46H91O10P/c1-3-5-7-9-11-13-15-17-18-19-20-21-22-23-24-26-28-30-32-34-36-38-46(50)56-44(42-55-57(51,52)54-40-43(48)39-47)41-53-45(49)37-35-33-31-29-27-25-16-14-12-10-8-6-4-2/h43-44,47-48H,3-42H2,1-2H3,(H,51,52). The zero-order chi connectivity index (χ0) is 41.9. The Hall–Kier alpha value is -1.03. The van der Waals surface area contributed by atoms with E-state index in [-0.39, 0.29) is 19.4 Å². The highest BCUT2D eigenvalue weighted by Crippen LogP contribution is 2.43. The van der Waals surface area contributed by atoms with Crippen molar-refractivity contribution in [1.29, 1.82) is 0 Å². The number of unbranched alkanes of at least 4 members (excludes halogenated alkanes) is 32.